The van der Waals surface area contributed by atoms with Gasteiger partial charge in [-0.15, -0.1) is 0 Å². The van der Waals surface area contributed by atoms with E-state index < -0.39 is 0 Å². The fourth-order valence-electron chi connectivity index (χ4n) is 1.33. The Morgan fingerprint density at radius 3 is 2.58 bits per heavy atom. The quantitative estimate of drug-likeness (QED) is 0.412. The molecule has 2 heteroatoms. The number of alkyl halides is 1. The van der Waals surface area contributed by atoms with E-state index in [0.717, 1.165) is 5.33 Å². The predicted octanol–water partition coefficient (Wildman–Crippen LogP) is 3.29. The first kappa shape index (κ1) is 10.3. The van der Waals surface area contributed by atoms with Crippen LogP contribution in [0.1, 0.15) is 33.6 Å². The molecule has 0 aliphatic carbocycles. The summed E-state index contributed by atoms with van der Waals surface area (Å²) in [6.07, 6.45) is 5.05. The average Bonchev–Trinajstić information content (AvgIpc) is 2.56. The summed E-state index contributed by atoms with van der Waals surface area (Å²) in [6.45, 7) is 6.49. The Labute approximate surface area is 83.3 Å². The van der Waals surface area contributed by atoms with Gasteiger partial charge in [-0.25, -0.2) is 0 Å². The summed E-state index contributed by atoms with van der Waals surface area (Å²) in [6, 6.07) is 0. The van der Waals surface area contributed by atoms with Gasteiger partial charge in [0.1, 0.15) is 0 Å². The Morgan fingerprint density at radius 2 is 2.17 bits per heavy atom. The fraction of sp³-hybridized carbons (Fsp3) is 0.800. The lowest BCUT2D eigenvalue weighted by molar-refractivity contribution is 0.320. The molecule has 1 unspecified atom stereocenters. The highest BCUT2D eigenvalue weighted by atomic mass is 79.9. The number of rotatable bonds is 4. The molecular weight excluding hydrogens is 216 g/mol. The second-order valence-electron chi connectivity index (χ2n) is 3.95. The molecule has 0 saturated carbocycles. The van der Waals surface area contributed by atoms with Crippen LogP contribution in [-0.4, -0.2) is 17.0 Å². The van der Waals surface area contributed by atoms with E-state index in [2.05, 4.69) is 42.8 Å². The number of ether oxygens (including phenoxy) is 1. The maximum absolute atomic E-state index is 5.49. The molecule has 0 aromatic rings. The number of hydrogen-bond acceptors (Lipinski definition) is 1. The maximum Gasteiger partial charge on any atom is 0.0892 e. The largest absolute Gasteiger partial charge is 0.367 e. The molecule has 12 heavy (non-hydrogen) atoms. The third-order valence-corrected chi connectivity index (χ3v) is 2.71. The van der Waals surface area contributed by atoms with Gasteiger partial charge in [-0.3, -0.25) is 0 Å². The third kappa shape index (κ3) is 2.91. The second kappa shape index (κ2) is 3.93. The van der Waals surface area contributed by atoms with Crippen LogP contribution in [0.3, 0.4) is 0 Å². The molecule has 1 saturated heterocycles. The van der Waals surface area contributed by atoms with Gasteiger partial charge in [-0.2, -0.15) is 0 Å². The van der Waals surface area contributed by atoms with Gasteiger partial charge < -0.3 is 4.74 Å². The van der Waals surface area contributed by atoms with Crippen LogP contribution in [0.2, 0.25) is 0 Å². The minimum absolute atomic E-state index is 0.161. The molecule has 0 bridgehead atoms. The summed E-state index contributed by atoms with van der Waals surface area (Å²) in [5, 5.41) is 0.966. The SMILES string of the molecule is CC(=CCBr)CCC1OC1(C)C. The van der Waals surface area contributed by atoms with Crippen molar-refractivity contribution in [3.05, 3.63) is 11.6 Å². The summed E-state index contributed by atoms with van der Waals surface area (Å²) < 4.78 is 5.49. The summed E-state index contributed by atoms with van der Waals surface area (Å²) in [5.41, 5.74) is 1.62. The standard InChI is InChI=1S/C10H17BrO/c1-8(6-7-11)4-5-9-10(2,3)12-9/h6,9H,4-5,7H2,1-3H3. The summed E-state index contributed by atoms with van der Waals surface area (Å²) in [5.74, 6) is 0. The van der Waals surface area contributed by atoms with Crippen LogP contribution in [0.5, 0.6) is 0 Å². The van der Waals surface area contributed by atoms with Crippen molar-refractivity contribution >= 4 is 15.9 Å². The Morgan fingerprint density at radius 1 is 1.58 bits per heavy atom. The molecule has 1 fully saturated rings. The molecule has 1 aliphatic heterocycles. The van der Waals surface area contributed by atoms with Crippen molar-refractivity contribution in [3.63, 3.8) is 0 Å². The Balaban J connectivity index is 2.15. The van der Waals surface area contributed by atoms with Crippen molar-refractivity contribution in [1.29, 1.82) is 0 Å². The van der Waals surface area contributed by atoms with Crippen LogP contribution < -0.4 is 0 Å². The molecule has 1 aliphatic rings. The topological polar surface area (TPSA) is 12.5 Å². The highest BCUT2D eigenvalue weighted by molar-refractivity contribution is 9.09. The number of halogens is 1. The predicted molar refractivity (Wildman–Crippen MR) is 55.7 cm³/mol. The van der Waals surface area contributed by atoms with Crippen LogP contribution in [0, 0.1) is 0 Å². The van der Waals surface area contributed by atoms with E-state index in [-0.39, 0.29) is 5.60 Å². The maximum atomic E-state index is 5.49. The molecule has 0 N–H and O–H groups in total. The molecule has 0 radical (unpaired) electrons. The van der Waals surface area contributed by atoms with E-state index >= 15 is 0 Å². The van der Waals surface area contributed by atoms with Crippen LogP contribution in [-0.2, 0) is 4.74 Å². The monoisotopic (exact) mass is 232 g/mol. The van der Waals surface area contributed by atoms with Gasteiger partial charge >= 0.3 is 0 Å². The summed E-state index contributed by atoms with van der Waals surface area (Å²) in [4.78, 5) is 0. The van der Waals surface area contributed by atoms with Crippen molar-refractivity contribution < 1.29 is 4.74 Å². The van der Waals surface area contributed by atoms with Crippen molar-refractivity contribution in [2.45, 2.75) is 45.3 Å². The Bertz CT molecular complexity index is 184. The zero-order valence-corrected chi connectivity index (χ0v) is 9.65. The summed E-state index contributed by atoms with van der Waals surface area (Å²) in [7, 11) is 0. The lowest BCUT2D eigenvalue weighted by atomic mass is 10.0. The van der Waals surface area contributed by atoms with Crippen LogP contribution in [0.4, 0.5) is 0 Å². The molecule has 0 aromatic carbocycles. The summed E-state index contributed by atoms with van der Waals surface area (Å²) >= 11 is 3.39. The molecule has 0 aromatic heterocycles. The number of epoxide rings is 1. The fourth-order valence-corrected chi connectivity index (χ4v) is 1.88. The molecule has 1 nitrogen and oxygen atoms in total. The number of allylic oxidation sites excluding steroid dienone is 2. The molecular formula is C10H17BrO. The highest BCUT2D eigenvalue weighted by Gasteiger charge is 2.46. The molecule has 1 atom stereocenters. The van der Waals surface area contributed by atoms with Crippen molar-refractivity contribution in [1.82, 2.24) is 0 Å². The lowest BCUT2D eigenvalue weighted by Crippen LogP contribution is -2.02. The van der Waals surface area contributed by atoms with E-state index in [9.17, 15) is 0 Å². The molecule has 1 rings (SSSR count). The van der Waals surface area contributed by atoms with E-state index in [1.165, 1.54) is 18.4 Å². The van der Waals surface area contributed by atoms with Crippen molar-refractivity contribution in [2.75, 3.05) is 5.33 Å². The van der Waals surface area contributed by atoms with Gasteiger partial charge in [0.25, 0.3) is 0 Å². The zero-order valence-electron chi connectivity index (χ0n) is 8.06. The first-order valence-corrected chi connectivity index (χ1v) is 5.58. The van der Waals surface area contributed by atoms with E-state index in [1.807, 2.05) is 0 Å². The lowest BCUT2D eigenvalue weighted by Gasteiger charge is -1.98. The normalized spacial score (nSPS) is 27.3. The molecule has 0 amide bonds. The Kier molecular flexibility index (Phi) is 3.36. The van der Waals surface area contributed by atoms with Gasteiger partial charge in [0.15, 0.2) is 0 Å². The van der Waals surface area contributed by atoms with Gasteiger partial charge in [0.05, 0.1) is 11.7 Å². The van der Waals surface area contributed by atoms with Crippen molar-refractivity contribution in [3.8, 4) is 0 Å². The van der Waals surface area contributed by atoms with E-state index in [1.54, 1.807) is 0 Å². The zero-order chi connectivity index (χ0) is 9.19. The van der Waals surface area contributed by atoms with Crippen LogP contribution in [0.25, 0.3) is 0 Å². The third-order valence-electron chi connectivity index (χ3n) is 2.39. The molecule has 0 spiro atoms. The number of hydrogen-bond donors (Lipinski definition) is 0. The second-order valence-corrected chi connectivity index (χ2v) is 4.60. The smallest absolute Gasteiger partial charge is 0.0892 e. The van der Waals surface area contributed by atoms with Gasteiger partial charge in [-0.1, -0.05) is 27.6 Å². The van der Waals surface area contributed by atoms with Crippen LogP contribution >= 0.6 is 15.9 Å². The van der Waals surface area contributed by atoms with E-state index in [0.29, 0.717) is 6.10 Å². The minimum Gasteiger partial charge on any atom is -0.367 e. The van der Waals surface area contributed by atoms with Gasteiger partial charge in [-0.05, 0) is 33.6 Å². The van der Waals surface area contributed by atoms with Crippen molar-refractivity contribution in [2.24, 2.45) is 0 Å². The highest BCUT2D eigenvalue weighted by Crippen LogP contribution is 2.38. The molecule has 70 valence electrons. The first-order chi connectivity index (χ1) is 5.56. The first-order valence-electron chi connectivity index (χ1n) is 4.45. The Hall–Kier alpha value is 0.180. The minimum atomic E-state index is 0.161. The van der Waals surface area contributed by atoms with Gasteiger partial charge in [0, 0.05) is 5.33 Å². The van der Waals surface area contributed by atoms with Crippen LogP contribution in [0.15, 0.2) is 11.6 Å². The van der Waals surface area contributed by atoms with E-state index in [4.69, 9.17) is 4.74 Å². The average molecular weight is 233 g/mol. The van der Waals surface area contributed by atoms with Gasteiger partial charge in [0.2, 0.25) is 0 Å². The molecule has 1 heterocycles.